The number of aromatic nitrogens is 2. The van der Waals surface area contributed by atoms with Crippen LogP contribution in [0.15, 0.2) is 6.33 Å². The van der Waals surface area contributed by atoms with Crippen LogP contribution in [0.1, 0.15) is 56.3 Å². The molecule has 0 atom stereocenters. The third-order valence-electron chi connectivity index (χ3n) is 4.80. The number of fused-ring (bicyclic) bond motifs is 1. The van der Waals surface area contributed by atoms with Crippen molar-refractivity contribution in [3.05, 3.63) is 17.7 Å². The average Bonchev–Trinajstić information content (AvgIpc) is 2.88. The summed E-state index contributed by atoms with van der Waals surface area (Å²) < 4.78 is 2.38. The van der Waals surface area contributed by atoms with Gasteiger partial charge in [0.2, 0.25) is 0 Å². The van der Waals surface area contributed by atoms with Gasteiger partial charge in [0.05, 0.1) is 12.0 Å². The fourth-order valence-electron chi connectivity index (χ4n) is 3.62. The second-order valence-corrected chi connectivity index (χ2v) is 6.25. The lowest BCUT2D eigenvalue weighted by Gasteiger charge is -2.22. The normalized spacial score (nSPS) is 20.4. The Hall–Kier alpha value is -0.830. The van der Waals surface area contributed by atoms with Gasteiger partial charge in [0.15, 0.2) is 0 Å². The van der Waals surface area contributed by atoms with Crippen molar-refractivity contribution >= 4 is 0 Å². The number of hydrogen-bond acceptors (Lipinski definition) is 2. The number of imidazole rings is 1. The minimum absolute atomic E-state index is 0.936. The molecule has 3 rings (SSSR count). The van der Waals surface area contributed by atoms with Crippen molar-refractivity contribution in [2.45, 2.75) is 64.3 Å². The van der Waals surface area contributed by atoms with E-state index in [2.05, 4.69) is 21.2 Å². The van der Waals surface area contributed by atoms with Crippen molar-refractivity contribution in [1.29, 1.82) is 0 Å². The predicted molar refractivity (Wildman–Crippen MR) is 78.3 cm³/mol. The first-order valence-corrected chi connectivity index (χ1v) is 8.17. The highest BCUT2D eigenvalue weighted by atomic mass is 15.1. The quantitative estimate of drug-likeness (QED) is 0.826. The number of hydrogen-bond donors (Lipinski definition) is 1. The monoisotopic (exact) mass is 261 g/mol. The molecule has 0 radical (unpaired) electrons. The zero-order valence-corrected chi connectivity index (χ0v) is 12.0. The second-order valence-electron chi connectivity index (χ2n) is 6.25. The van der Waals surface area contributed by atoms with Gasteiger partial charge < -0.3 is 9.88 Å². The number of nitrogens with zero attached hydrogens (tertiary/aromatic N) is 2. The Bertz CT molecular complexity index is 391. The minimum Gasteiger partial charge on any atom is -0.333 e. The largest absolute Gasteiger partial charge is 0.333 e. The lowest BCUT2D eigenvalue weighted by molar-refractivity contribution is 0.340. The molecule has 1 aromatic rings. The van der Waals surface area contributed by atoms with Crippen LogP contribution < -0.4 is 5.32 Å². The highest BCUT2D eigenvalue weighted by Crippen LogP contribution is 2.23. The van der Waals surface area contributed by atoms with Crippen molar-refractivity contribution in [3.63, 3.8) is 0 Å². The summed E-state index contributed by atoms with van der Waals surface area (Å²) in [6.45, 7) is 3.41. The Labute approximate surface area is 116 Å². The van der Waals surface area contributed by atoms with E-state index >= 15 is 0 Å². The molecule has 106 valence electrons. The summed E-state index contributed by atoms with van der Waals surface area (Å²) in [4.78, 5) is 4.56. The van der Waals surface area contributed by atoms with Gasteiger partial charge in [-0.15, -0.1) is 0 Å². The zero-order chi connectivity index (χ0) is 12.9. The molecular weight excluding hydrogens is 234 g/mol. The van der Waals surface area contributed by atoms with Crippen molar-refractivity contribution < 1.29 is 0 Å². The molecule has 1 aromatic heterocycles. The Kier molecular flexibility index (Phi) is 4.54. The van der Waals surface area contributed by atoms with E-state index in [9.17, 15) is 0 Å². The first kappa shape index (κ1) is 13.2. The molecule has 0 bridgehead atoms. The van der Waals surface area contributed by atoms with Crippen LogP contribution in [0.3, 0.4) is 0 Å². The van der Waals surface area contributed by atoms with Crippen molar-refractivity contribution in [1.82, 2.24) is 14.9 Å². The Morgan fingerprint density at radius 1 is 1.11 bits per heavy atom. The van der Waals surface area contributed by atoms with Crippen LogP contribution in [0.25, 0.3) is 0 Å². The van der Waals surface area contributed by atoms with Crippen LogP contribution in [0, 0.1) is 5.92 Å². The third-order valence-corrected chi connectivity index (χ3v) is 4.80. The van der Waals surface area contributed by atoms with Crippen LogP contribution in [0.2, 0.25) is 0 Å². The predicted octanol–water partition coefficient (Wildman–Crippen LogP) is 2.93. The van der Waals surface area contributed by atoms with Gasteiger partial charge in [-0.3, -0.25) is 0 Å². The lowest BCUT2D eigenvalue weighted by Crippen LogP contribution is -2.27. The fraction of sp³-hybridized carbons (Fsp3) is 0.812. The summed E-state index contributed by atoms with van der Waals surface area (Å²) in [5.74, 6) is 0.936. The van der Waals surface area contributed by atoms with Gasteiger partial charge in [0.1, 0.15) is 0 Å². The lowest BCUT2D eigenvalue weighted by atomic mass is 9.89. The molecule has 1 fully saturated rings. The van der Waals surface area contributed by atoms with Crippen LogP contribution in [-0.2, 0) is 19.4 Å². The molecule has 0 spiro atoms. The first-order chi connectivity index (χ1) is 9.43. The topological polar surface area (TPSA) is 29.9 Å². The molecule has 1 heterocycles. The summed E-state index contributed by atoms with van der Waals surface area (Å²) in [5.41, 5.74) is 2.87. The van der Waals surface area contributed by atoms with E-state index < -0.39 is 0 Å². The maximum Gasteiger partial charge on any atom is 0.0952 e. The SMILES string of the molecule is c1nc2c(n1CCNCC1CCCCC1)CCCC2. The summed E-state index contributed by atoms with van der Waals surface area (Å²) in [5, 5.41) is 3.65. The zero-order valence-electron chi connectivity index (χ0n) is 12.0. The van der Waals surface area contributed by atoms with Crippen LogP contribution >= 0.6 is 0 Å². The van der Waals surface area contributed by atoms with Crippen LogP contribution in [0.4, 0.5) is 0 Å². The van der Waals surface area contributed by atoms with Gasteiger partial charge in [-0.2, -0.15) is 0 Å². The molecular formula is C16H27N3. The van der Waals surface area contributed by atoms with E-state index in [1.165, 1.54) is 75.7 Å². The average molecular weight is 261 g/mol. The molecule has 2 aliphatic carbocycles. The summed E-state index contributed by atoms with van der Waals surface area (Å²) in [7, 11) is 0. The summed E-state index contributed by atoms with van der Waals surface area (Å²) in [6.07, 6.45) is 14.4. The molecule has 1 saturated carbocycles. The van der Waals surface area contributed by atoms with Gasteiger partial charge in [-0.25, -0.2) is 4.98 Å². The molecule has 19 heavy (non-hydrogen) atoms. The Morgan fingerprint density at radius 2 is 1.95 bits per heavy atom. The van der Waals surface area contributed by atoms with Gasteiger partial charge >= 0.3 is 0 Å². The van der Waals surface area contributed by atoms with Gasteiger partial charge in [0, 0.05) is 18.8 Å². The molecule has 3 heteroatoms. The molecule has 2 aliphatic rings. The van der Waals surface area contributed by atoms with Gasteiger partial charge in [-0.05, 0) is 51.0 Å². The molecule has 0 aromatic carbocycles. The smallest absolute Gasteiger partial charge is 0.0952 e. The van der Waals surface area contributed by atoms with Crippen LogP contribution in [-0.4, -0.2) is 22.6 Å². The van der Waals surface area contributed by atoms with E-state index in [1.54, 1.807) is 0 Å². The minimum atomic E-state index is 0.936. The van der Waals surface area contributed by atoms with Crippen molar-refractivity contribution in [2.24, 2.45) is 5.92 Å². The first-order valence-electron chi connectivity index (χ1n) is 8.17. The van der Waals surface area contributed by atoms with E-state index in [1.807, 2.05) is 0 Å². The summed E-state index contributed by atoms with van der Waals surface area (Å²) in [6, 6.07) is 0. The van der Waals surface area contributed by atoms with Crippen molar-refractivity contribution in [2.75, 3.05) is 13.1 Å². The maximum atomic E-state index is 4.56. The molecule has 1 N–H and O–H groups in total. The molecule has 0 aliphatic heterocycles. The highest BCUT2D eigenvalue weighted by Gasteiger charge is 2.15. The molecule has 3 nitrogen and oxygen atoms in total. The van der Waals surface area contributed by atoms with E-state index in [-0.39, 0.29) is 0 Å². The maximum absolute atomic E-state index is 4.56. The van der Waals surface area contributed by atoms with Crippen LogP contribution in [0.5, 0.6) is 0 Å². The number of nitrogens with one attached hydrogen (secondary N) is 1. The Balaban J connectivity index is 1.41. The summed E-state index contributed by atoms with van der Waals surface area (Å²) >= 11 is 0. The molecule has 0 amide bonds. The van der Waals surface area contributed by atoms with E-state index in [0.29, 0.717) is 0 Å². The standard InChI is InChI=1S/C16H27N3/c1-2-6-14(7-3-1)12-17-10-11-19-13-18-15-8-4-5-9-16(15)19/h13-14,17H,1-12H2. The molecule has 0 unspecified atom stereocenters. The number of rotatable bonds is 5. The van der Waals surface area contributed by atoms with E-state index in [0.717, 1.165) is 19.0 Å². The molecule has 0 saturated heterocycles. The van der Waals surface area contributed by atoms with Gasteiger partial charge in [0.25, 0.3) is 0 Å². The third kappa shape index (κ3) is 3.38. The van der Waals surface area contributed by atoms with E-state index in [4.69, 9.17) is 0 Å². The Morgan fingerprint density at radius 3 is 2.84 bits per heavy atom. The van der Waals surface area contributed by atoms with Gasteiger partial charge in [-0.1, -0.05) is 19.3 Å². The fourth-order valence-corrected chi connectivity index (χ4v) is 3.62. The second kappa shape index (κ2) is 6.56. The highest BCUT2D eigenvalue weighted by molar-refractivity contribution is 5.16. The number of aryl methyl sites for hydroxylation is 1. The van der Waals surface area contributed by atoms with Crippen molar-refractivity contribution in [3.8, 4) is 0 Å².